The number of amides is 1. The van der Waals surface area contributed by atoms with Crippen molar-refractivity contribution in [2.45, 2.75) is 42.8 Å². The molecule has 8 nitrogen and oxygen atoms in total. The zero-order valence-corrected chi connectivity index (χ0v) is 26.3. The Morgan fingerprint density at radius 2 is 1.77 bits per heavy atom. The number of aromatic nitrogens is 2. The summed E-state index contributed by atoms with van der Waals surface area (Å²) in [4.78, 5) is 28.4. The first-order chi connectivity index (χ1) is 21.3. The molecule has 0 saturated carbocycles. The van der Waals surface area contributed by atoms with Crippen molar-refractivity contribution in [1.29, 1.82) is 0 Å². The van der Waals surface area contributed by atoms with E-state index in [0.717, 1.165) is 29.7 Å². The van der Waals surface area contributed by atoms with Crippen molar-refractivity contribution in [2.75, 3.05) is 18.1 Å². The molecule has 1 fully saturated rings. The number of unbranched alkanes of at least 4 members (excludes halogenated alkanes) is 1. The molecule has 44 heavy (non-hydrogen) atoms. The summed E-state index contributed by atoms with van der Waals surface area (Å²) in [6, 6.07) is 16.6. The van der Waals surface area contributed by atoms with Gasteiger partial charge in [-0.3, -0.25) is 14.5 Å². The van der Waals surface area contributed by atoms with Crippen LogP contribution in [0.15, 0.2) is 76.6 Å². The first-order valence-corrected chi connectivity index (χ1v) is 16.2. The van der Waals surface area contributed by atoms with E-state index in [-0.39, 0.29) is 16.3 Å². The number of ketones is 1. The van der Waals surface area contributed by atoms with Crippen molar-refractivity contribution in [1.82, 2.24) is 10.2 Å². The first-order valence-electron chi connectivity index (χ1n) is 14.0. The third-order valence-corrected chi connectivity index (χ3v) is 9.16. The molecule has 4 aromatic rings. The number of anilines is 1. The van der Waals surface area contributed by atoms with Crippen LogP contribution in [-0.4, -0.2) is 40.2 Å². The van der Waals surface area contributed by atoms with Gasteiger partial charge in [0.25, 0.3) is 5.78 Å². The van der Waals surface area contributed by atoms with Gasteiger partial charge in [-0.25, -0.2) is 4.39 Å². The Kier molecular flexibility index (Phi) is 10.2. The topological polar surface area (TPSA) is 102 Å². The fourth-order valence-electron chi connectivity index (χ4n) is 4.60. The van der Waals surface area contributed by atoms with Gasteiger partial charge in [-0.15, -0.1) is 10.2 Å². The minimum Gasteiger partial charge on any atom is -0.507 e. The van der Waals surface area contributed by atoms with Crippen LogP contribution >= 0.6 is 34.7 Å². The number of aliphatic hydroxyl groups excluding tert-OH is 1. The third kappa shape index (κ3) is 6.90. The second kappa shape index (κ2) is 14.2. The number of thioether (sulfide) groups is 1. The highest BCUT2D eigenvalue weighted by molar-refractivity contribution is 8.00. The summed E-state index contributed by atoms with van der Waals surface area (Å²) >= 11 is 8.58. The molecule has 1 amide bonds. The van der Waals surface area contributed by atoms with Gasteiger partial charge in [-0.2, -0.15) is 0 Å². The van der Waals surface area contributed by atoms with Gasteiger partial charge >= 0.3 is 5.91 Å². The van der Waals surface area contributed by atoms with Gasteiger partial charge < -0.3 is 14.6 Å². The smallest absolute Gasteiger partial charge is 0.301 e. The summed E-state index contributed by atoms with van der Waals surface area (Å²) in [7, 11) is 0. The Bertz CT molecular complexity index is 1680. The van der Waals surface area contributed by atoms with Gasteiger partial charge in [0.1, 0.15) is 11.6 Å². The number of aliphatic hydroxyl groups is 1. The van der Waals surface area contributed by atoms with Crippen LogP contribution in [0.4, 0.5) is 9.52 Å². The molecule has 0 radical (unpaired) electrons. The summed E-state index contributed by atoms with van der Waals surface area (Å²) < 4.78 is 26.1. The Hall–Kier alpha value is -3.93. The van der Waals surface area contributed by atoms with Gasteiger partial charge in [0, 0.05) is 16.3 Å². The SMILES string of the molecule is CCCCOc1ccc(C2C(=C(O)c3ccc(F)cc3)C(=O)C(=O)N2c2nnc(SCc3ccc(Cl)cc3)s2)cc1OCC. The van der Waals surface area contributed by atoms with Crippen LogP contribution in [0.25, 0.3) is 5.76 Å². The lowest BCUT2D eigenvalue weighted by molar-refractivity contribution is -0.132. The molecule has 1 unspecified atom stereocenters. The van der Waals surface area contributed by atoms with Gasteiger partial charge in [-0.1, -0.05) is 66.2 Å². The average Bonchev–Trinajstić information content (AvgIpc) is 3.59. The lowest BCUT2D eigenvalue weighted by Gasteiger charge is -2.23. The van der Waals surface area contributed by atoms with E-state index in [1.54, 1.807) is 30.3 Å². The summed E-state index contributed by atoms with van der Waals surface area (Å²) in [5.41, 5.74) is 1.55. The second-order valence-electron chi connectivity index (χ2n) is 9.78. The van der Waals surface area contributed by atoms with Crippen molar-refractivity contribution in [3.8, 4) is 11.5 Å². The number of carbonyl (C=O) groups excluding carboxylic acids is 2. The van der Waals surface area contributed by atoms with Crippen LogP contribution in [0.2, 0.25) is 5.02 Å². The Balaban J connectivity index is 1.56. The van der Waals surface area contributed by atoms with E-state index in [0.29, 0.717) is 45.4 Å². The largest absolute Gasteiger partial charge is 0.507 e. The molecule has 1 aromatic heterocycles. The van der Waals surface area contributed by atoms with Crippen molar-refractivity contribution in [3.05, 3.63) is 99.8 Å². The van der Waals surface area contributed by atoms with E-state index >= 15 is 0 Å². The molecule has 1 N–H and O–H groups in total. The quantitative estimate of drug-likeness (QED) is 0.0412. The maximum Gasteiger partial charge on any atom is 0.301 e. The molecule has 1 atom stereocenters. The van der Waals surface area contributed by atoms with Crippen LogP contribution in [0.5, 0.6) is 11.5 Å². The average molecular weight is 654 g/mol. The normalized spacial score (nSPS) is 16.0. The van der Waals surface area contributed by atoms with E-state index in [1.165, 1.54) is 40.9 Å². The van der Waals surface area contributed by atoms with E-state index in [9.17, 15) is 19.1 Å². The van der Waals surface area contributed by atoms with Gasteiger partial charge in [0.2, 0.25) is 5.13 Å². The number of rotatable bonds is 12. The fourth-order valence-corrected chi connectivity index (χ4v) is 6.55. The molecule has 12 heteroatoms. The molecule has 1 aliphatic heterocycles. The zero-order valence-electron chi connectivity index (χ0n) is 24.0. The van der Waals surface area contributed by atoms with Gasteiger partial charge in [-0.05, 0) is 73.0 Å². The number of halogens is 2. The van der Waals surface area contributed by atoms with E-state index in [2.05, 4.69) is 17.1 Å². The molecule has 0 bridgehead atoms. The van der Waals surface area contributed by atoms with Crippen LogP contribution in [-0.2, 0) is 15.3 Å². The number of nitrogens with zero attached hydrogens (tertiary/aromatic N) is 3. The number of ether oxygens (including phenoxy) is 2. The van der Waals surface area contributed by atoms with Crippen molar-refractivity contribution in [2.24, 2.45) is 0 Å². The summed E-state index contributed by atoms with van der Waals surface area (Å²) in [6.07, 6.45) is 1.82. The maximum atomic E-state index is 13.7. The van der Waals surface area contributed by atoms with Crippen molar-refractivity contribution in [3.63, 3.8) is 0 Å². The van der Waals surface area contributed by atoms with Gasteiger partial charge in [0.15, 0.2) is 15.8 Å². The standard InChI is InChI=1S/C32H29ClFN3O5S2/c1-3-5-16-42-24-15-10-21(17-25(24)41-4-2)27-26(28(38)20-8-13-23(34)14-9-20)29(39)30(40)37(27)31-35-36-32(44-31)43-18-19-6-11-22(33)12-7-19/h6-15,17,27,38H,3-5,16,18H2,1-2H3. The molecular formula is C32H29ClFN3O5S2. The number of hydrogen-bond donors (Lipinski definition) is 1. The lowest BCUT2D eigenvalue weighted by atomic mass is 9.95. The molecule has 1 saturated heterocycles. The number of carbonyl (C=O) groups is 2. The summed E-state index contributed by atoms with van der Waals surface area (Å²) in [6.45, 7) is 4.76. The van der Waals surface area contributed by atoms with Gasteiger partial charge in [0.05, 0.1) is 24.8 Å². The van der Waals surface area contributed by atoms with E-state index in [4.69, 9.17) is 21.1 Å². The first kappa shape index (κ1) is 31.5. The summed E-state index contributed by atoms with van der Waals surface area (Å²) in [5.74, 6) is -1.15. The van der Waals surface area contributed by atoms with Crippen molar-refractivity contribution < 1.29 is 28.6 Å². The van der Waals surface area contributed by atoms with E-state index in [1.807, 2.05) is 19.1 Å². The lowest BCUT2D eigenvalue weighted by Crippen LogP contribution is -2.29. The Morgan fingerprint density at radius 1 is 1.02 bits per heavy atom. The minimum atomic E-state index is -1.06. The molecule has 0 spiro atoms. The Morgan fingerprint density at radius 3 is 2.48 bits per heavy atom. The predicted octanol–water partition coefficient (Wildman–Crippen LogP) is 7.83. The van der Waals surface area contributed by atoms with Crippen LogP contribution < -0.4 is 14.4 Å². The predicted molar refractivity (Wildman–Crippen MR) is 170 cm³/mol. The highest BCUT2D eigenvalue weighted by Crippen LogP contribution is 2.45. The van der Waals surface area contributed by atoms with E-state index < -0.39 is 29.3 Å². The number of hydrogen-bond acceptors (Lipinski definition) is 9. The van der Waals surface area contributed by atoms with Crippen LogP contribution in [0.1, 0.15) is 49.4 Å². The molecular weight excluding hydrogens is 625 g/mol. The second-order valence-corrected chi connectivity index (χ2v) is 12.4. The molecule has 0 aliphatic carbocycles. The maximum absolute atomic E-state index is 13.7. The number of benzene rings is 3. The van der Waals surface area contributed by atoms with Crippen LogP contribution in [0, 0.1) is 5.82 Å². The Labute approximate surface area is 267 Å². The minimum absolute atomic E-state index is 0.158. The zero-order chi connectivity index (χ0) is 31.2. The molecule has 228 valence electrons. The van der Waals surface area contributed by atoms with Crippen LogP contribution in [0.3, 0.4) is 0 Å². The molecule has 3 aromatic carbocycles. The highest BCUT2D eigenvalue weighted by atomic mass is 35.5. The third-order valence-electron chi connectivity index (χ3n) is 6.78. The fraction of sp³-hybridized carbons (Fsp3) is 0.250. The molecule has 5 rings (SSSR count). The van der Waals surface area contributed by atoms with Crippen molar-refractivity contribution >= 4 is 57.3 Å². The number of Topliss-reactive ketones (excluding diaryl/α,β-unsaturated/α-hetero) is 1. The monoisotopic (exact) mass is 653 g/mol. The molecule has 2 heterocycles. The molecule has 1 aliphatic rings. The summed E-state index contributed by atoms with van der Waals surface area (Å²) in [5, 5.41) is 20.7. The highest BCUT2D eigenvalue weighted by Gasteiger charge is 2.48.